The standard InChI is InChI=1S/C34H43N7O9/c1-4-48-31(45)28-20(14-42)18(9-11-40-12-10-36-33(40)41-16-37-24-29(41)38-32(35)39-30(24)44)23-26(47-3)19-13-22(34(2,46)17-7-5-6-8-17)49-25(19)21(15-43)27(23)50-28/h9-10,12,14,17,22,24,29,32,37-38,43,46H,4-8,11,13,15-16,35H2,1-3H3,(H,39,44)/b18-9+/t22-,24+,29-,32-,34-/m0/s1. The Morgan fingerprint density at radius 1 is 1.28 bits per heavy atom. The number of fused-ring (bicyclic) bond motifs is 3. The topological polar surface area (TPSA) is 212 Å². The number of methoxy groups -OCH3 is 1. The number of nitrogens with one attached hydrogen (secondary N) is 3. The minimum atomic E-state index is -1.16. The smallest absolute Gasteiger partial charge is 0.375 e. The van der Waals surface area contributed by atoms with E-state index >= 15 is 0 Å². The summed E-state index contributed by atoms with van der Waals surface area (Å²) in [4.78, 5) is 45.1. The van der Waals surface area contributed by atoms with E-state index in [4.69, 9.17) is 24.7 Å². The van der Waals surface area contributed by atoms with Crippen molar-refractivity contribution in [3.8, 4) is 17.2 Å². The lowest BCUT2D eigenvalue weighted by atomic mass is 9.81. The van der Waals surface area contributed by atoms with Crippen molar-refractivity contribution in [1.29, 1.82) is 0 Å². The number of rotatable bonds is 10. The van der Waals surface area contributed by atoms with Crippen LogP contribution in [0.25, 0.3) is 5.57 Å². The molecule has 1 aliphatic carbocycles. The van der Waals surface area contributed by atoms with Crippen molar-refractivity contribution in [3.05, 3.63) is 46.5 Å². The summed E-state index contributed by atoms with van der Waals surface area (Å²) in [5.41, 5.74) is 6.34. The average molecular weight is 694 g/mol. The van der Waals surface area contributed by atoms with Gasteiger partial charge in [0.15, 0.2) is 6.29 Å². The van der Waals surface area contributed by atoms with Crippen molar-refractivity contribution in [2.75, 3.05) is 25.3 Å². The zero-order chi connectivity index (χ0) is 35.3. The number of nitrogens with two attached hydrogens (primary N) is 1. The highest BCUT2D eigenvalue weighted by atomic mass is 16.6. The summed E-state index contributed by atoms with van der Waals surface area (Å²) in [6.45, 7) is 3.42. The number of imidazole rings is 1. The van der Waals surface area contributed by atoms with Gasteiger partial charge in [-0.2, -0.15) is 0 Å². The molecule has 2 saturated heterocycles. The lowest BCUT2D eigenvalue weighted by Crippen LogP contribution is -2.70. The quantitative estimate of drug-likeness (QED) is 0.145. The Bertz CT molecular complexity index is 1760. The summed E-state index contributed by atoms with van der Waals surface area (Å²) in [5.74, 6) is -0.106. The first kappa shape index (κ1) is 34.0. The molecule has 5 atom stereocenters. The van der Waals surface area contributed by atoms with Crippen LogP contribution in [0.4, 0.5) is 5.95 Å². The number of carbonyl (C=O) groups is 3. The van der Waals surface area contributed by atoms with E-state index in [0.29, 0.717) is 53.5 Å². The number of hydrogen-bond donors (Lipinski definition) is 6. The molecule has 7 rings (SSSR count). The highest BCUT2D eigenvalue weighted by molar-refractivity contribution is 6.10. The van der Waals surface area contributed by atoms with Crippen molar-refractivity contribution in [1.82, 2.24) is 25.5 Å². The van der Waals surface area contributed by atoms with Gasteiger partial charge in [0.2, 0.25) is 17.6 Å². The monoisotopic (exact) mass is 693 g/mol. The van der Waals surface area contributed by atoms with Gasteiger partial charge in [-0.05, 0) is 32.6 Å². The van der Waals surface area contributed by atoms with Gasteiger partial charge in [0, 0.05) is 36.5 Å². The van der Waals surface area contributed by atoms with E-state index in [1.807, 2.05) is 9.47 Å². The number of amides is 1. The van der Waals surface area contributed by atoms with E-state index in [1.54, 1.807) is 32.3 Å². The van der Waals surface area contributed by atoms with E-state index in [9.17, 15) is 24.6 Å². The van der Waals surface area contributed by atoms with Crippen LogP contribution in [-0.2, 0) is 38.7 Å². The largest absolute Gasteiger partial charge is 0.496 e. The second-order valence-electron chi connectivity index (χ2n) is 13.3. The van der Waals surface area contributed by atoms with Crippen molar-refractivity contribution in [2.45, 2.75) is 89.3 Å². The number of nitrogens with zero attached hydrogens (tertiary/aromatic N) is 3. The van der Waals surface area contributed by atoms with Gasteiger partial charge in [-0.15, -0.1) is 0 Å². The fraction of sp³-hybridized carbons (Fsp3) is 0.529. The van der Waals surface area contributed by atoms with Crippen LogP contribution in [0.3, 0.4) is 0 Å². The molecule has 5 heterocycles. The van der Waals surface area contributed by atoms with Crippen molar-refractivity contribution in [3.63, 3.8) is 0 Å². The van der Waals surface area contributed by atoms with Crippen LogP contribution in [0, 0.1) is 5.92 Å². The Kier molecular flexibility index (Phi) is 9.07. The first-order valence-electron chi connectivity index (χ1n) is 17.0. The molecule has 2 aromatic rings. The molecule has 16 nitrogen and oxygen atoms in total. The van der Waals surface area contributed by atoms with Crippen LogP contribution in [0.5, 0.6) is 17.2 Å². The lowest BCUT2D eigenvalue weighted by molar-refractivity contribution is -0.141. The maximum atomic E-state index is 13.3. The zero-order valence-corrected chi connectivity index (χ0v) is 28.2. The molecule has 0 spiro atoms. The summed E-state index contributed by atoms with van der Waals surface area (Å²) in [7, 11) is 1.49. The Balaban J connectivity index is 1.32. The van der Waals surface area contributed by atoms with Gasteiger partial charge in [0.25, 0.3) is 0 Å². The minimum Gasteiger partial charge on any atom is -0.496 e. The summed E-state index contributed by atoms with van der Waals surface area (Å²) in [5, 5.41) is 31.5. The van der Waals surface area contributed by atoms with E-state index in [0.717, 1.165) is 25.7 Å². The van der Waals surface area contributed by atoms with Gasteiger partial charge in [-0.25, -0.2) is 9.78 Å². The Morgan fingerprint density at radius 2 is 2.06 bits per heavy atom. The highest BCUT2D eigenvalue weighted by Crippen LogP contribution is 2.55. The SMILES string of the molecule is CCOC(=O)C1=C(C=O)/C(=C\Cn2ccnc2N2CN[C@H]3C(=O)N[C@@H](N)N[C@H]32)c2c(OC)c3c(c(CO)c2O1)O[C@H]([C@@](C)(O)C1CCCC1)C3. The van der Waals surface area contributed by atoms with Crippen LogP contribution in [0.2, 0.25) is 0 Å². The lowest BCUT2D eigenvalue weighted by Gasteiger charge is -2.35. The summed E-state index contributed by atoms with van der Waals surface area (Å²) in [6, 6.07) is -0.554. The number of ether oxygens (including phenoxy) is 4. The van der Waals surface area contributed by atoms with Crippen LogP contribution < -0.4 is 40.8 Å². The van der Waals surface area contributed by atoms with Gasteiger partial charge < -0.3 is 43.9 Å². The molecule has 1 amide bonds. The first-order valence-corrected chi connectivity index (χ1v) is 17.0. The predicted octanol–water partition coefficient (Wildman–Crippen LogP) is 0.144. The molecule has 16 heteroatoms. The molecule has 1 saturated carbocycles. The number of anilines is 1. The number of hydrogen-bond acceptors (Lipinski definition) is 14. The van der Waals surface area contributed by atoms with E-state index in [2.05, 4.69) is 20.9 Å². The number of esters is 1. The third kappa shape index (κ3) is 5.51. The van der Waals surface area contributed by atoms with Gasteiger partial charge >= 0.3 is 5.97 Å². The van der Waals surface area contributed by atoms with E-state index < -0.39 is 42.8 Å². The van der Waals surface area contributed by atoms with Gasteiger partial charge in [-0.1, -0.05) is 18.9 Å². The third-order valence-corrected chi connectivity index (χ3v) is 10.5. The molecule has 268 valence electrons. The predicted molar refractivity (Wildman–Crippen MR) is 177 cm³/mol. The maximum absolute atomic E-state index is 13.3. The number of benzene rings is 1. The summed E-state index contributed by atoms with van der Waals surface area (Å²) >= 11 is 0. The van der Waals surface area contributed by atoms with Crippen molar-refractivity contribution >= 4 is 29.7 Å². The van der Waals surface area contributed by atoms with Gasteiger partial charge in [-0.3, -0.25) is 26.0 Å². The molecule has 0 unspecified atom stereocenters. The molecule has 7 N–H and O–H groups in total. The number of aliphatic hydroxyl groups is 2. The molecular weight excluding hydrogens is 650 g/mol. The fourth-order valence-electron chi connectivity index (χ4n) is 7.97. The normalized spacial score (nSPS) is 26.5. The molecule has 50 heavy (non-hydrogen) atoms. The molecule has 4 aliphatic heterocycles. The van der Waals surface area contributed by atoms with Gasteiger partial charge in [0.1, 0.15) is 47.5 Å². The number of aromatic nitrogens is 2. The number of carbonyl (C=O) groups excluding carboxylic acids is 3. The molecule has 0 radical (unpaired) electrons. The number of aliphatic hydroxyl groups excluding tert-OH is 1. The molecular formula is C34H43N7O9. The Hall–Kier alpha value is -4.48. The maximum Gasteiger partial charge on any atom is 0.375 e. The average Bonchev–Trinajstić information content (AvgIpc) is 3.92. The molecule has 0 bridgehead atoms. The zero-order valence-electron chi connectivity index (χ0n) is 28.2. The number of allylic oxidation sites excluding steroid dienone is 3. The van der Waals surface area contributed by atoms with Crippen molar-refractivity contribution in [2.24, 2.45) is 11.7 Å². The van der Waals surface area contributed by atoms with E-state index in [-0.39, 0.29) is 47.6 Å². The molecule has 1 aromatic carbocycles. The molecule has 5 aliphatic rings. The van der Waals surface area contributed by atoms with Crippen LogP contribution in [-0.4, -0.2) is 88.5 Å². The minimum absolute atomic E-state index is 0.0330. The van der Waals surface area contributed by atoms with Crippen LogP contribution >= 0.6 is 0 Å². The second-order valence-corrected chi connectivity index (χ2v) is 13.3. The highest BCUT2D eigenvalue weighted by Gasteiger charge is 2.49. The number of aldehydes is 1. The molecule has 3 fully saturated rings. The Morgan fingerprint density at radius 3 is 2.76 bits per heavy atom. The molecule has 1 aromatic heterocycles. The van der Waals surface area contributed by atoms with Gasteiger partial charge in [0.05, 0.1) is 43.7 Å². The van der Waals surface area contributed by atoms with Crippen molar-refractivity contribution < 1.29 is 43.5 Å². The summed E-state index contributed by atoms with van der Waals surface area (Å²) in [6.07, 6.45) is 7.95. The third-order valence-electron chi connectivity index (χ3n) is 10.5. The van der Waals surface area contributed by atoms with E-state index in [1.165, 1.54) is 7.11 Å². The first-order chi connectivity index (χ1) is 24.1. The van der Waals surface area contributed by atoms with Crippen LogP contribution in [0.1, 0.15) is 56.2 Å². The fourth-order valence-corrected chi connectivity index (χ4v) is 7.97. The van der Waals surface area contributed by atoms with Crippen LogP contribution in [0.15, 0.2) is 29.8 Å². The summed E-state index contributed by atoms with van der Waals surface area (Å²) < 4.78 is 25.7. The Labute approximate surface area is 288 Å². The second kappa shape index (κ2) is 13.3.